The maximum Gasteiger partial charge on any atom is 0.240 e. The zero-order valence-corrected chi connectivity index (χ0v) is 12.6. The fraction of sp³-hybridized carbons (Fsp3) is 0.538. The summed E-state index contributed by atoms with van der Waals surface area (Å²) in [6, 6.07) is 4.49. The second-order valence-corrected chi connectivity index (χ2v) is 6.82. The first-order chi connectivity index (χ1) is 9.42. The molecule has 3 N–H and O–H groups in total. The number of hydrogen-bond acceptors (Lipinski definition) is 5. The van der Waals surface area contributed by atoms with Gasteiger partial charge in [-0.25, -0.2) is 13.1 Å². The van der Waals surface area contributed by atoms with Crippen molar-refractivity contribution in [2.75, 3.05) is 33.0 Å². The van der Waals surface area contributed by atoms with Gasteiger partial charge in [-0.1, -0.05) is 0 Å². The van der Waals surface area contributed by atoms with E-state index in [4.69, 9.17) is 10.5 Å². The van der Waals surface area contributed by atoms with Crippen LogP contribution in [-0.4, -0.2) is 46.6 Å². The summed E-state index contributed by atoms with van der Waals surface area (Å²) in [7, 11) is 0.00433. The second kappa shape index (κ2) is 5.99. The van der Waals surface area contributed by atoms with Gasteiger partial charge in [0.05, 0.1) is 17.7 Å². The Bertz CT molecular complexity index is 566. The molecule has 2 rings (SSSR count). The molecule has 0 amide bonds. The normalized spacial score (nSPS) is 18.1. The van der Waals surface area contributed by atoms with E-state index >= 15 is 0 Å². The zero-order chi connectivity index (χ0) is 14.8. The number of anilines is 1. The van der Waals surface area contributed by atoms with Gasteiger partial charge in [0, 0.05) is 6.04 Å². The molecular formula is C13H21N3O3S. The molecule has 0 radical (unpaired) electrons. The molecule has 20 heavy (non-hydrogen) atoms. The third-order valence-corrected chi connectivity index (χ3v) is 5.07. The Hall–Kier alpha value is -1.31. The molecule has 1 aromatic rings. The van der Waals surface area contributed by atoms with Gasteiger partial charge in [-0.2, -0.15) is 0 Å². The summed E-state index contributed by atoms with van der Waals surface area (Å²) >= 11 is 0. The number of hydrogen-bond donors (Lipinski definition) is 2. The summed E-state index contributed by atoms with van der Waals surface area (Å²) in [6.07, 6.45) is 1.64. The molecule has 7 heteroatoms. The number of sulfonamides is 1. The number of rotatable bonds is 4. The Balaban J connectivity index is 2.12. The van der Waals surface area contributed by atoms with Crippen molar-refractivity contribution in [2.24, 2.45) is 0 Å². The van der Waals surface area contributed by atoms with Crippen LogP contribution >= 0.6 is 0 Å². The molecule has 1 aliphatic rings. The zero-order valence-electron chi connectivity index (χ0n) is 11.8. The van der Waals surface area contributed by atoms with Gasteiger partial charge in [-0.3, -0.25) is 0 Å². The average molecular weight is 299 g/mol. The predicted molar refractivity (Wildman–Crippen MR) is 78.2 cm³/mol. The summed E-state index contributed by atoms with van der Waals surface area (Å²) < 4.78 is 32.4. The molecule has 0 atom stereocenters. The molecule has 0 unspecified atom stereocenters. The quantitative estimate of drug-likeness (QED) is 0.797. The van der Waals surface area contributed by atoms with E-state index in [0.717, 1.165) is 25.9 Å². The van der Waals surface area contributed by atoms with E-state index in [1.54, 1.807) is 6.07 Å². The molecule has 0 saturated carbocycles. The highest BCUT2D eigenvalue weighted by atomic mass is 32.2. The van der Waals surface area contributed by atoms with Crippen LogP contribution < -0.4 is 15.2 Å². The Morgan fingerprint density at radius 2 is 2.00 bits per heavy atom. The van der Waals surface area contributed by atoms with E-state index in [1.807, 2.05) is 7.05 Å². The van der Waals surface area contributed by atoms with Crippen LogP contribution in [0.2, 0.25) is 0 Å². The molecule has 1 saturated heterocycles. The van der Waals surface area contributed by atoms with Gasteiger partial charge in [0.2, 0.25) is 10.0 Å². The number of benzene rings is 1. The van der Waals surface area contributed by atoms with Crippen LogP contribution in [0.5, 0.6) is 5.75 Å². The highest BCUT2D eigenvalue weighted by Gasteiger charge is 2.23. The summed E-state index contributed by atoms with van der Waals surface area (Å²) in [5, 5.41) is 0. The van der Waals surface area contributed by atoms with Crippen molar-refractivity contribution in [3.05, 3.63) is 18.2 Å². The topological polar surface area (TPSA) is 84.7 Å². The van der Waals surface area contributed by atoms with Gasteiger partial charge in [-0.05, 0) is 51.2 Å². The van der Waals surface area contributed by atoms with E-state index in [9.17, 15) is 8.42 Å². The van der Waals surface area contributed by atoms with Crippen molar-refractivity contribution in [2.45, 2.75) is 23.8 Å². The van der Waals surface area contributed by atoms with Crippen molar-refractivity contribution < 1.29 is 13.2 Å². The Kier molecular flexibility index (Phi) is 4.52. The van der Waals surface area contributed by atoms with Crippen LogP contribution in [0.25, 0.3) is 0 Å². The third-order valence-electron chi connectivity index (χ3n) is 3.55. The van der Waals surface area contributed by atoms with E-state index in [0.29, 0.717) is 11.4 Å². The summed E-state index contributed by atoms with van der Waals surface area (Å²) in [6.45, 7) is 1.80. The first-order valence-electron chi connectivity index (χ1n) is 6.57. The monoisotopic (exact) mass is 299 g/mol. The Labute approximate surface area is 120 Å². The lowest BCUT2D eigenvalue weighted by Crippen LogP contribution is -2.43. The molecule has 1 heterocycles. The van der Waals surface area contributed by atoms with Crippen LogP contribution in [0.3, 0.4) is 0 Å². The summed E-state index contributed by atoms with van der Waals surface area (Å²) in [4.78, 5) is 2.37. The second-order valence-electron chi connectivity index (χ2n) is 5.10. The van der Waals surface area contributed by atoms with Gasteiger partial charge in [-0.15, -0.1) is 0 Å². The number of nitrogens with two attached hydrogens (primary N) is 1. The van der Waals surface area contributed by atoms with Crippen LogP contribution in [0.15, 0.2) is 23.1 Å². The average Bonchev–Trinajstić information content (AvgIpc) is 2.41. The lowest BCUT2D eigenvalue weighted by Gasteiger charge is -2.29. The summed E-state index contributed by atoms with van der Waals surface area (Å²) in [5.74, 6) is 0.475. The minimum Gasteiger partial charge on any atom is -0.495 e. The molecule has 0 bridgehead atoms. The molecule has 112 valence electrons. The van der Waals surface area contributed by atoms with Crippen molar-refractivity contribution in [3.8, 4) is 5.75 Å². The third kappa shape index (κ3) is 3.41. The van der Waals surface area contributed by atoms with E-state index < -0.39 is 10.0 Å². The lowest BCUT2D eigenvalue weighted by molar-refractivity contribution is 0.248. The first-order valence-corrected chi connectivity index (χ1v) is 8.05. The van der Waals surface area contributed by atoms with Crippen molar-refractivity contribution in [1.29, 1.82) is 0 Å². The fourth-order valence-corrected chi connectivity index (χ4v) is 3.63. The SMILES string of the molecule is COc1ccc(S(=O)(=O)NC2CCN(C)CC2)cc1N. The largest absolute Gasteiger partial charge is 0.495 e. The van der Waals surface area contributed by atoms with Gasteiger partial charge >= 0.3 is 0 Å². The van der Waals surface area contributed by atoms with Gasteiger partial charge in [0.1, 0.15) is 5.75 Å². The van der Waals surface area contributed by atoms with E-state index in [2.05, 4.69) is 9.62 Å². The Morgan fingerprint density at radius 1 is 1.35 bits per heavy atom. The number of likely N-dealkylation sites (tertiary alicyclic amines) is 1. The smallest absolute Gasteiger partial charge is 0.240 e. The minimum atomic E-state index is -3.53. The molecule has 0 spiro atoms. The van der Waals surface area contributed by atoms with Gasteiger partial charge < -0.3 is 15.4 Å². The highest BCUT2D eigenvalue weighted by Crippen LogP contribution is 2.24. The van der Waals surface area contributed by atoms with E-state index in [-0.39, 0.29) is 10.9 Å². The molecule has 1 aliphatic heterocycles. The van der Waals surface area contributed by atoms with Crippen LogP contribution in [0.4, 0.5) is 5.69 Å². The molecule has 0 aromatic heterocycles. The fourth-order valence-electron chi connectivity index (χ4n) is 2.29. The number of nitrogens with zero attached hydrogens (tertiary/aromatic N) is 1. The van der Waals surface area contributed by atoms with Crippen LogP contribution in [0, 0.1) is 0 Å². The molecule has 0 aliphatic carbocycles. The molecular weight excluding hydrogens is 278 g/mol. The Morgan fingerprint density at radius 3 is 2.55 bits per heavy atom. The lowest BCUT2D eigenvalue weighted by atomic mass is 10.1. The number of piperidine rings is 1. The van der Waals surface area contributed by atoms with Crippen LogP contribution in [-0.2, 0) is 10.0 Å². The van der Waals surface area contributed by atoms with Gasteiger partial charge in [0.15, 0.2) is 0 Å². The highest BCUT2D eigenvalue weighted by molar-refractivity contribution is 7.89. The number of nitrogens with one attached hydrogen (secondary N) is 1. The summed E-state index contributed by atoms with van der Waals surface area (Å²) in [5.41, 5.74) is 6.07. The molecule has 1 fully saturated rings. The minimum absolute atomic E-state index is 0.0143. The number of methoxy groups -OCH3 is 1. The number of nitrogen functional groups attached to an aromatic ring is 1. The predicted octanol–water partition coefficient (Wildman–Crippen LogP) is 0.650. The van der Waals surface area contributed by atoms with Gasteiger partial charge in [0.25, 0.3) is 0 Å². The first kappa shape index (κ1) is 15.1. The standard InChI is InChI=1S/C13H21N3O3S/c1-16-7-5-10(6-8-16)15-20(17,18)11-3-4-13(19-2)12(14)9-11/h3-4,9-10,15H,5-8,14H2,1-2H3. The maximum atomic E-state index is 12.3. The molecule has 1 aromatic carbocycles. The van der Waals surface area contributed by atoms with Crippen LogP contribution in [0.1, 0.15) is 12.8 Å². The maximum absolute atomic E-state index is 12.3. The van der Waals surface area contributed by atoms with E-state index in [1.165, 1.54) is 19.2 Å². The number of ether oxygens (including phenoxy) is 1. The molecule has 6 nitrogen and oxygen atoms in total. The van der Waals surface area contributed by atoms with Crippen molar-refractivity contribution in [1.82, 2.24) is 9.62 Å². The van der Waals surface area contributed by atoms with Crippen molar-refractivity contribution >= 4 is 15.7 Å². The van der Waals surface area contributed by atoms with Crippen molar-refractivity contribution in [3.63, 3.8) is 0 Å².